The van der Waals surface area contributed by atoms with Crippen LogP contribution in [0.4, 0.5) is 13.2 Å². The summed E-state index contributed by atoms with van der Waals surface area (Å²) in [7, 11) is 0. The lowest BCUT2D eigenvalue weighted by Crippen LogP contribution is -2.04. The van der Waals surface area contributed by atoms with E-state index in [1.807, 2.05) is 0 Å². The molecule has 16 heavy (non-hydrogen) atoms. The van der Waals surface area contributed by atoms with Crippen LogP contribution < -0.4 is 0 Å². The lowest BCUT2D eigenvalue weighted by molar-refractivity contribution is -0.137. The predicted molar refractivity (Wildman–Crippen MR) is 63.8 cm³/mol. The van der Waals surface area contributed by atoms with Crippen molar-refractivity contribution in [1.29, 1.82) is 0 Å². The summed E-state index contributed by atoms with van der Waals surface area (Å²) in [5, 5.41) is 0. The second-order valence-electron chi connectivity index (χ2n) is 2.99. The highest BCUT2D eigenvalue weighted by molar-refractivity contribution is 7.66. The number of halogens is 6. The van der Waals surface area contributed by atoms with Gasteiger partial charge in [-0.2, -0.15) is 13.2 Å². The monoisotopic (exact) mass is 304 g/mol. The molecule has 88 valence electrons. The molecule has 0 N–H and O–H groups in total. The molecule has 0 unspecified atom stereocenters. The molecule has 0 atom stereocenters. The van der Waals surface area contributed by atoms with Gasteiger partial charge in [-0.3, -0.25) is 0 Å². The highest BCUT2D eigenvalue weighted by atomic mass is 35.8. The van der Waals surface area contributed by atoms with Crippen molar-refractivity contribution in [3.8, 4) is 0 Å². The maximum atomic E-state index is 12.2. The summed E-state index contributed by atoms with van der Waals surface area (Å²) in [6, 6.07) is 1.74. The summed E-state index contributed by atoms with van der Waals surface area (Å²) >= 11 is 16.8. The zero-order valence-electron chi connectivity index (χ0n) is 7.73. The Balaban J connectivity index is 2.85. The molecule has 7 heteroatoms. The number of rotatable bonds is 2. The van der Waals surface area contributed by atoms with Crippen molar-refractivity contribution in [3.63, 3.8) is 0 Å². The van der Waals surface area contributed by atoms with Crippen molar-refractivity contribution in [3.05, 3.63) is 41.1 Å². The Kier molecular flexibility index (Phi) is 4.34. The highest BCUT2D eigenvalue weighted by Gasteiger charge is 2.29. The van der Waals surface area contributed by atoms with Gasteiger partial charge in [0, 0.05) is 0 Å². The minimum atomic E-state index is -4.33. The number of benzene rings is 1. The summed E-state index contributed by atoms with van der Waals surface area (Å²) in [6.07, 6.45) is -2.83. The maximum absolute atomic E-state index is 12.2. The quantitative estimate of drug-likeness (QED) is 0.538. The first kappa shape index (κ1) is 13.9. The van der Waals surface area contributed by atoms with E-state index < -0.39 is 17.7 Å². The van der Waals surface area contributed by atoms with Crippen LogP contribution in [0.15, 0.2) is 30.0 Å². The smallest absolute Gasteiger partial charge is 0.166 e. The standard InChI is InChI=1S/C9H6Cl3F3Si/c10-16(11,12)6-5-7-1-3-8(4-2-7)9(13,14)15/h1-6H/b6-5+. The first-order valence-electron chi connectivity index (χ1n) is 4.12. The van der Waals surface area contributed by atoms with E-state index in [0.717, 1.165) is 12.1 Å². The zero-order chi connectivity index (χ0) is 12.4. The van der Waals surface area contributed by atoms with Gasteiger partial charge in [0.05, 0.1) is 5.56 Å². The molecule has 1 rings (SSSR count). The van der Waals surface area contributed by atoms with Crippen molar-refractivity contribution < 1.29 is 13.2 Å². The first-order valence-corrected chi connectivity index (χ1v) is 9.23. The van der Waals surface area contributed by atoms with Crippen molar-refractivity contribution >= 4 is 45.3 Å². The van der Waals surface area contributed by atoms with Crippen molar-refractivity contribution in [1.82, 2.24) is 0 Å². The Hall–Kier alpha value is -0.163. The van der Waals surface area contributed by atoms with Crippen LogP contribution in [0.5, 0.6) is 0 Å². The van der Waals surface area contributed by atoms with E-state index in [0.29, 0.717) is 5.56 Å². The van der Waals surface area contributed by atoms with Gasteiger partial charge in [0.25, 0.3) is 0 Å². The van der Waals surface area contributed by atoms with E-state index in [1.165, 1.54) is 23.9 Å². The topological polar surface area (TPSA) is 0 Å². The van der Waals surface area contributed by atoms with Crippen molar-refractivity contribution in [2.75, 3.05) is 0 Å². The molecule has 0 amide bonds. The zero-order valence-corrected chi connectivity index (χ0v) is 11.0. The average Bonchev–Trinajstić information content (AvgIpc) is 2.13. The number of alkyl halides is 3. The van der Waals surface area contributed by atoms with Crippen molar-refractivity contribution in [2.45, 2.75) is 6.18 Å². The summed E-state index contributed by atoms with van der Waals surface area (Å²) in [6.45, 7) is 0. The van der Waals surface area contributed by atoms with Gasteiger partial charge in [0.2, 0.25) is 0 Å². The molecule has 0 aliphatic carbocycles. The van der Waals surface area contributed by atoms with E-state index in [2.05, 4.69) is 0 Å². The maximum Gasteiger partial charge on any atom is 0.416 e. The SMILES string of the molecule is FC(F)(F)c1ccc(/C=C/[Si](Cl)(Cl)Cl)cc1. The molecular weight excluding hydrogens is 300 g/mol. The third-order valence-electron chi connectivity index (χ3n) is 1.70. The summed E-state index contributed by atoms with van der Waals surface area (Å²) in [5.74, 6) is 0. The Labute approximate surface area is 106 Å². The molecule has 0 spiro atoms. The third-order valence-corrected chi connectivity index (χ3v) is 3.38. The van der Waals surface area contributed by atoms with Gasteiger partial charge in [0.15, 0.2) is 0 Å². The second kappa shape index (κ2) is 5.00. The van der Waals surface area contributed by atoms with Crippen LogP contribution in [0.25, 0.3) is 6.08 Å². The van der Waals surface area contributed by atoms with E-state index >= 15 is 0 Å². The number of hydrogen-bond acceptors (Lipinski definition) is 0. The molecule has 0 nitrogen and oxygen atoms in total. The molecule has 0 saturated carbocycles. The molecule has 0 radical (unpaired) electrons. The molecule has 0 heterocycles. The van der Waals surface area contributed by atoms with Crippen LogP contribution in [0.2, 0.25) is 0 Å². The largest absolute Gasteiger partial charge is 0.416 e. The van der Waals surface area contributed by atoms with Crippen LogP contribution in [0.3, 0.4) is 0 Å². The predicted octanol–water partition coefficient (Wildman–Crippen LogP) is 4.91. The number of hydrogen-bond donors (Lipinski definition) is 0. The summed E-state index contributed by atoms with van der Waals surface area (Å²) in [4.78, 5) is 0. The summed E-state index contributed by atoms with van der Waals surface area (Å²) in [5.41, 5.74) is 1.27. The molecule has 1 aromatic rings. The molecule has 0 aliphatic rings. The Morgan fingerprint density at radius 1 is 1.00 bits per heavy atom. The molecule has 1 aromatic carbocycles. The van der Waals surface area contributed by atoms with Gasteiger partial charge in [-0.25, -0.2) is 0 Å². The van der Waals surface area contributed by atoms with Gasteiger partial charge >= 0.3 is 12.2 Å². The van der Waals surface area contributed by atoms with E-state index in [9.17, 15) is 13.2 Å². The normalized spacial score (nSPS) is 13.4. The minimum absolute atomic E-state index is 0.562. The average molecular weight is 306 g/mol. The highest BCUT2D eigenvalue weighted by Crippen LogP contribution is 2.29. The van der Waals surface area contributed by atoms with Crippen LogP contribution in [0, 0.1) is 0 Å². The molecule has 0 aliphatic heterocycles. The lowest BCUT2D eigenvalue weighted by atomic mass is 10.1. The fraction of sp³-hybridized carbons (Fsp3) is 0.111. The van der Waals surface area contributed by atoms with Gasteiger partial charge in [-0.05, 0) is 17.7 Å². The third kappa shape index (κ3) is 4.78. The Morgan fingerprint density at radius 3 is 1.88 bits per heavy atom. The Morgan fingerprint density at radius 2 is 1.50 bits per heavy atom. The van der Waals surface area contributed by atoms with E-state index in [-0.39, 0.29) is 0 Å². The van der Waals surface area contributed by atoms with Gasteiger partial charge in [-0.15, -0.1) is 33.2 Å². The molecule has 0 fully saturated rings. The van der Waals surface area contributed by atoms with Crippen LogP contribution in [-0.4, -0.2) is 6.00 Å². The van der Waals surface area contributed by atoms with Crippen molar-refractivity contribution in [2.24, 2.45) is 0 Å². The molecule has 0 bridgehead atoms. The van der Waals surface area contributed by atoms with E-state index in [4.69, 9.17) is 33.2 Å². The summed E-state index contributed by atoms with van der Waals surface area (Å²) < 4.78 is 36.7. The van der Waals surface area contributed by atoms with Crippen LogP contribution in [0.1, 0.15) is 11.1 Å². The van der Waals surface area contributed by atoms with Gasteiger partial charge in [0.1, 0.15) is 0 Å². The second-order valence-corrected chi connectivity index (χ2v) is 11.5. The molecular formula is C9H6Cl3F3Si. The van der Waals surface area contributed by atoms with Gasteiger partial charge in [-0.1, -0.05) is 23.9 Å². The first-order chi connectivity index (χ1) is 7.18. The minimum Gasteiger partial charge on any atom is -0.166 e. The fourth-order valence-electron chi connectivity index (χ4n) is 0.974. The lowest BCUT2D eigenvalue weighted by Gasteiger charge is -2.06. The van der Waals surface area contributed by atoms with Crippen LogP contribution in [-0.2, 0) is 6.18 Å². The van der Waals surface area contributed by atoms with Crippen LogP contribution >= 0.6 is 33.2 Å². The molecule has 0 saturated heterocycles. The Bertz CT molecular complexity index is 378. The van der Waals surface area contributed by atoms with Gasteiger partial charge < -0.3 is 0 Å². The van der Waals surface area contributed by atoms with E-state index in [1.54, 1.807) is 0 Å². The fourth-order valence-corrected chi connectivity index (χ4v) is 1.92. The molecule has 0 aromatic heterocycles.